The molecular formula is C25H30N4O3S2. The van der Waals surface area contributed by atoms with E-state index in [1.165, 1.54) is 16.1 Å². The van der Waals surface area contributed by atoms with Crippen molar-refractivity contribution in [2.75, 3.05) is 43.9 Å². The molecule has 0 saturated carbocycles. The van der Waals surface area contributed by atoms with E-state index in [0.717, 1.165) is 73.6 Å². The zero-order chi connectivity index (χ0) is 23.5. The Bertz CT molecular complexity index is 1220. The molecule has 2 aromatic heterocycles. The molecule has 0 unspecified atom stereocenters. The predicted molar refractivity (Wildman–Crippen MR) is 139 cm³/mol. The average Bonchev–Trinajstić information content (AvgIpc) is 3.34. The molecule has 0 spiro atoms. The molecule has 1 aromatic carbocycles. The van der Waals surface area contributed by atoms with Crippen LogP contribution in [0.25, 0.3) is 10.2 Å². The molecule has 1 amide bonds. The Morgan fingerprint density at radius 3 is 2.82 bits per heavy atom. The van der Waals surface area contributed by atoms with Gasteiger partial charge in [0.1, 0.15) is 16.4 Å². The van der Waals surface area contributed by atoms with Crippen LogP contribution in [0.15, 0.2) is 29.1 Å². The maximum atomic E-state index is 12.8. The maximum absolute atomic E-state index is 12.8. The molecule has 1 fully saturated rings. The molecule has 9 heteroatoms. The summed E-state index contributed by atoms with van der Waals surface area (Å²) in [6, 6.07) is 8.11. The molecule has 0 bridgehead atoms. The minimum absolute atomic E-state index is 0.0120. The number of nitrogens with zero attached hydrogens (tertiary/aromatic N) is 3. The number of anilines is 1. The number of fused-ring (bicyclic) bond motifs is 3. The van der Waals surface area contributed by atoms with E-state index in [0.29, 0.717) is 18.0 Å². The molecule has 180 valence electrons. The number of nitrogens with one attached hydrogen (secondary N) is 1. The van der Waals surface area contributed by atoms with E-state index in [1.807, 2.05) is 17.0 Å². The number of aromatic nitrogens is 2. The van der Waals surface area contributed by atoms with Gasteiger partial charge >= 0.3 is 0 Å². The molecule has 3 aromatic rings. The highest BCUT2D eigenvalue weighted by Gasteiger charge is 2.22. The average molecular weight is 499 g/mol. The van der Waals surface area contributed by atoms with E-state index in [-0.39, 0.29) is 11.5 Å². The summed E-state index contributed by atoms with van der Waals surface area (Å²) in [4.78, 5) is 39.6. The zero-order valence-corrected chi connectivity index (χ0v) is 21.1. The third kappa shape index (κ3) is 4.95. The number of hydrogen-bond acceptors (Lipinski definition) is 7. The van der Waals surface area contributed by atoms with Crippen LogP contribution in [0.3, 0.4) is 0 Å². The first-order valence-corrected chi connectivity index (χ1v) is 13.9. The number of thioether (sulfide) groups is 1. The summed E-state index contributed by atoms with van der Waals surface area (Å²) in [5, 5.41) is 0.797. The van der Waals surface area contributed by atoms with Gasteiger partial charge in [-0.1, -0.05) is 0 Å². The van der Waals surface area contributed by atoms with Crippen molar-refractivity contribution in [2.24, 2.45) is 0 Å². The van der Waals surface area contributed by atoms with Crippen LogP contribution in [0.4, 0.5) is 5.69 Å². The van der Waals surface area contributed by atoms with E-state index in [2.05, 4.69) is 22.0 Å². The van der Waals surface area contributed by atoms with Crippen molar-refractivity contribution >= 4 is 44.9 Å². The van der Waals surface area contributed by atoms with Gasteiger partial charge in [0.15, 0.2) is 0 Å². The van der Waals surface area contributed by atoms with Crippen LogP contribution in [0.1, 0.15) is 35.5 Å². The molecule has 1 aliphatic heterocycles. The molecule has 0 radical (unpaired) electrons. The van der Waals surface area contributed by atoms with Crippen LogP contribution in [-0.4, -0.2) is 59.8 Å². The quantitative estimate of drug-likeness (QED) is 0.499. The summed E-state index contributed by atoms with van der Waals surface area (Å²) in [5.41, 5.74) is 2.36. The van der Waals surface area contributed by atoms with Gasteiger partial charge in [-0.25, -0.2) is 4.98 Å². The number of rotatable bonds is 7. The molecule has 1 N–H and O–H groups in total. The highest BCUT2D eigenvalue weighted by atomic mass is 32.2. The van der Waals surface area contributed by atoms with Gasteiger partial charge in [-0.3, -0.25) is 9.59 Å². The van der Waals surface area contributed by atoms with Crippen LogP contribution in [0, 0.1) is 0 Å². The number of hydrogen-bond donors (Lipinski definition) is 1. The van der Waals surface area contributed by atoms with E-state index in [4.69, 9.17) is 9.72 Å². The summed E-state index contributed by atoms with van der Waals surface area (Å²) in [6.07, 6.45) is 4.66. The molecule has 5 rings (SSSR count). The van der Waals surface area contributed by atoms with Gasteiger partial charge in [0.25, 0.3) is 5.56 Å². The molecule has 2 aliphatic rings. The van der Waals surface area contributed by atoms with E-state index in [1.54, 1.807) is 30.2 Å². The maximum Gasteiger partial charge on any atom is 0.259 e. The lowest BCUT2D eigenvalue weighted by atomic mass is 10.2. The number of carbonyl (C=O) groups is 1. The molecule has 3 heterocycles. The Hall–Kier alpha value is -2.52. The Morgan fingerprint density at radius 2 is 2.00 bits per heavy atom. The number of benzene rings is 1. The molecule has 7 nitrogen and oxygen atoms in total. The van der Waals surface area contributed by atoms with Crippen molar-refractivity contribution in [3.05, 3.63) is 50.9 Å². The van der Waals surface area contributed by atoms with Gasteiger partial charge in [0.05, 0.1) is 18.2 Å². The Morgan fingerprint density at radius 1 is 1.15 bits per heavy atom. The molecule has 34 heavy (non-hydrogen) atoms. The van der Waals surface area contributed by atoms with Crippen molar-refractivity contribution in [3.63, 3.8) is 0 Å². The minimum atomic E-state index is -0.0120. The smallest absolute Gasteiger partial charge is 0.259 e. The topological polar surface area (TPSA) is 78.5 Å². The number of carbonyl (C=O) groups excluding carboxylic acids is 1. The summed E-state index contributed by atoms with van der Waals surface area (Å²) >= 11 is 3.32. The standard InChI is InChI=1S/C25H30N4O3S2/c1-32-18-8-6-17(7-9-18)28-11-3-12-29(14-13-28)22(30)10-15-33-16-21-26-24(31)23-19-4-2-5-20(19)34-25(23)27-21/h6-9H,2-5,10-16H2,1H3,(H,26,27,31). The van der Waals surface area contributed by atoms with E-state index >= 15 is 0 Å². The largest absolute Gasteiger partial charge is 0.497 e. The van der Waals surface area contributed by atoms with Gasteiger partial charge in [0.2, 0.25) is 5.91 Å². The second-order valence-electron chi connectivity index (χ2n) is 8.77. The number of amides is 1. The fourth-order valence-corrected chi connectivity index (χ4v) is 6.89. The second-order valence-corrected chi connectivity index (χ2v) is 11.0. The molecule has 1 saturated heterocycles. The van der Waals surface area contributed by atoms with Crippen molar-refractivity contribution in [2.45, 2.75) is 37.9 Å². The third-order valence-corrected chi connectivity index (χ3v) is 8.77. The molecule has 1 aliphatic carbocycles. The van der Waals surface area contributed by atoms with Crippen LogP contribution in [0.2, 0.25) is 0 Å². The Balaban J connectivity index is 1.10. The van der Waals surface area contributed by atoms with Crippen LogP contribution in [-0.2, 0) is 23.4 Å². The monoisotopic (exact) mass is 498 g/mol. The number of methoxy groups -OCH3 is 1. The lowest BCUT2D eigenvalue weighted by Gasteiger charge is -2.24. The fraction of sp³-hybridized carbons (Fsp3) is 0.480. The van der Waals surface area contributed by atoms with Gasteiger partial charge in [-0.2, -0.15) is 11.8 Å². The highest BCUT2D eigenvalue weighted by Crippen LogP contribution is 2.34. The van der Waals surface area contributed by atoms with E-state index in [9.17, 15) is 9.59 Å². The second kappa shape index (κ2) is 10.4. The van der Waals surface area contributed by atoms with Crippen LogP contribution < -0.4 is 15.2 Å². The number of thiophene rings is 1. The van der Waals surface area contributed by atoms with Crippen LogP contribution >= 0.6 is 23.1 Å². The minimum Gasteiger partial charge on any atom is -0.497 e. The van der Waals surface area contributed by atoms with Crippen molar-refractivity contribution in [3.8, 4) is 5.75 Å². The number of ether oxygens (including phenoxy) is 1. The van der Waals surface area contributed by atoms with Crippen molar-refractivity contribution in [1.29, 1.82) is 0 Å². The highest BCUT2D eigenvalue weighted by molar-refractivity contribution is 7.98. The lowest BCUT2D eigenvalue weighted by Crippen LogP contribution is -2.35. The first kappa shape index (κ1) is 23.2. The Labute approximate surface area is 207 Å². The van der Waals surface area contributed by atoms with Crippen molar-refractivity contribution < 1.29 is 9.53 Å². The summed E-state index contributed by atoms with van der Waals surface area (Å²) < 4.78 is 5.25. The van der Waals surface area contributed by atoms with Gasteiger partial charge in [-0.05, 0) is 55.5 Å². The van der Waals surface area contributed by atoms with Crippen molar-refractivity contribution in [1.82, 2.24) is 14.9 Å². The Kier molecular flexibility index (Phi) is 7.10. The van der Waals surface area contributed by atoms with Gasteiger partial charge in [0, 0.05) is 48.9 Å². The van der Waals surface area contributed by atoms with Gasteiger partial charge < -0.3 is 19.5 Å². The summed E-state index contributed by atoms with van der Waals surface area (Å²) in [6.45, 7) is 3.31. The number of aromatic amines is 1. The first-order valence-electron chi connectivity index (χ1n) is 11.9. The SMILES string of the molecule is COc1ccc(N2CCCN(C(=O)CCSCc3nc4sc5c(c4c(=O)[nH]3)CCC5)CC2)cc1. The first-order chi connectivity index (χ1) is 16.6. The zero-order valence-electron chi connectivity index (χ0n) is 19.5. The normalized spacial score (nSPS) is 16.0. The third-order valence-electron chi connectivity index (χ3n) is 6.61. The predicted octanol–water partition coefficient (Wildman–Crippen LogP) is 3.84. The fourth-order valence-electron chi connectivity index (χ4n) is 4.82. The molecular weight excluding hydrogens is 468 g/mol. The van der Waals surface area contributed by atoms with E-state index < -0.39 is 0 Å². The number of aryl methyl sites for hydroxylation is 2. The number of H-pyrrole nitrogens is 1. The van der Waals surface area contributed by atoms with Gasteiger partial charge in [-0.15, -0.1) is 11.3 Å². The summed E-state index contributed by atoms with van der Waals surface area (Å²) in [5.74, 6) is 3.11. The summed E-state index contributed by atoms with van der Waals surface area (Å²) in [7, 11) is 1.67. The lowest BCUT2D eigenvalue weighted by molar-refractivity contribution is -0.130. The molecule has 0 atom stereocenters. The van der Waals surface area contributed by atoms with Crippen LogP contribution in [0.5, 0.6) is 5.75 Å².